The molecule has 0 amide bonds. The average molecular weight is 446 g/mol. The van der Waals surface area contributed by atoms with Crippen LogP contribution in [0.5, 0.6) is 0 Å². The van der Waals surface area contributed by atoms with Crippen molar-refractivity contribution in [3.05, 3.63) is 71.8 Å². The number of benzene rings is 2. The summed E-state index contributed by atoms with van der Waals surface area (Å²) >= 11 is -4.05. The maximum atomic E-state index is 12.3. The van der Waals surface area contributed by atoms with Crippen LogP contribution in [0.4, 0.5) is 0 Å². The van der Waals surface area contributed by atoms with Gasteiger partial charge in [0.1, 0.15) is 0 Å². The molecule has 6 heteroatoms. The molecule has 0 radical (unpaired) electrons. The second-order valence-electron chi connectivity index (χ2n) is 6.36. The van der Waals surface area contributed by atoms with Gasteiger partial charge in [-0.15, -0.1) is 0 Å². The van der Waals surface area contributed by atoms with Gasteiger partial charge in [-0.3, -0.25) is 0 Å². The van der Waals surface area contributed by atoms with Crippen LogP contribution in [0, 0.1) is 0 Å². The summed E-state index contributed by atoms with van der Waals surface area (Å²) in [6.07, 6.45) is 0. The maximum absolute atomic E-state index is 12.3. The van der Waals surface area contributed by atoms with Crippen molar-refractivity contribution in [2.24, 2.45) is 0 Å². The predicted molar refractivity (Wildman–Crippen MR) is 95.7 cm³/mol. The van der Waals surface area contributed by atoms with Crippen LogP contribution in [0.1, 0.15) is 11.1 Å². The molecule has 0 aromatic heterocycles. The zero-order valence-corrected chi connectivity index (χ0v) is 17.0. The molecule has 3 rings (SSSR count). The summed E-state index contributed by atoms with van der Waals surface area (Å²) in [4.78, 5) is 26.3. The molecule has 0 spiro atoms. The van der Waals surface area contributed by atoms with E-state index in [1.807, 2.05) is 60.7 Å². The van der Waals surface area contributed by atoms with Crippen molar-refractivity contribution in [1.82, 2.24) is 4.90 Å². The van der Waals surface area contributed by atoms with Crippen molar-refractivity contribution >= 4 is 31.1 Å². The molecule has 0 saturated carbocycles. The topological polar surface area (TPSA) is 55.8 Å². The van der Waals surface area contributed by atoms with Crippen molar-refractivity contribution < 1.29 is 15.7 Å². The molecule has 25 heavy (non-hydrogen) atoms. The third kappa shape index (κ3) is 5.06. The third-order valence-electron chi connectivity index (χ3n) is 4.03. The Kier molecular flexibility index (Phi) is 5.75. The molecular weight excluding hydrogens is 425 g/mol. The van der Waals surface area contributed by atoms with Crippen molar-refractivity contribution in [2.45, 2.75) is 8.87 Å². The Morgan fingerprint density at radius 1 is 0.800 bits per heavy atom. The SMILES string of the molecule is CN1CC(=O)[O][Sn]([CH2]c2ccccc2)([CH2]c2ccccc2)[O]C(=O)C1. The van der Waals surface area contributed by atoms with Crippen LogP contribution in [0.3, 0.4) is 0 Å². The van der Waals surface area contributed by atoms with E-state index >= 15 is 0 Å². The van der Waals surface area contributed by atoms with Crippen molar-refractivity contribution in [3.8, 4) is 0 Å². The average Bonchev–Trinajstić information content (AvgIpc) is 2.54. The van der Waals surface area contributed by atoms with Crippen molar-refractivity contribution in [1.29, 1.82) is 0 Å². The summed E-state index contributed by atoms with van der Waals surface area (Å²) in [6, 6.07) is 19.6. The Hall–Kier alpha value is -1.86. The molecule has 130 valence electrons. The number of nitrogens with zero attached hydrogens (tertiary/aromatic N) is 1. The minimum absolute atomic E-state index is 0.108. The second kappa shape index (κ2) is 8.01. The Balaban J connectivity index is 1.94. The van der Waals surface area contributed by atoms with Gasteiger partial charge in [0.2, 0.25) is 0 Å². The Bertz CT molecular complexity index is 672. The van der Waals surface area contributed by atoms with E-state index in [9.17, 15) is 9.59 Å². The number of carbonyl (C=O) groups excluding carboxylic acids is 2. The molecule has 2 aromatic carbocycles. The van der Waals surface area contributed by atoms with Gasteiger partial charge >= 0.3 is 153 Å². The van der Waals surface area contributed by atoms with E-state index in [4.69, 9.17) is 6.15 Å². The van der Waals surface area contributed by atoms with Crippen LogP contribution in [-0.4, -0.2) is 56.2 Å². The number of hydrogen-bond acceptors (Lipinski definition) is 5. The van der Waals surface area contributed by atoms with E-state index in [0.717, 1.165) is 11.1 Å². The zero-order valence-electron chi connectivity index (χ0n) is 14.2. The van der Waals surface area contributed by atoms with E-state index in [2.05, 4.69) is 0 Å². The number of likely N-dealkylation sites (N-methyl/N-ethyl adjacent to an activating group) is 1. The monoisotopic (exact) mass is 447 g/mol. The molecule has 2 aromatic rings. The summed E-state index contributed by atoms with van der Waals surface area (Å²) in [7, 11) is 1.71. The van der Waals surface area contributed by atoms with Gasteiger partial charge in [-0.25, -0.2) is 0 Å². The molecule has 0 unspecified atom stereocenters. The molecular formula is C19H21NO4Sn. The fourth-order valence-corrected chi connectivity index (χ4v) is 12.0. The zero-order chi connectivity index (χ0) is 17.7. The number of rotatable bonds is 4. The summed E-state index contributed by atoms with van der Waals surface area (Å²) < 4.78 is 12.9. The van der Waals surface area contributed by atoms with Gasteiger partial charge in [0.25, 0.3) is 0 Å². The van der Waals surface area contributed by atoms with Crippen LogP contribution in [0.25, 0.3) is 0 Å². The van der Waals surface area contributed by atoms with E-state index in [1.54, 1.807) is 11.9 Å². The van der Waals surface area contributed by atoms with Crippen LogP contribution >= 0.6 is 0 Å². The first kappa shape index (κ1) is 17.9. The summed E-state index contributed by atoms with van der Waals surface area (Å²) in [5.74, 6) is -0.615. The third-order valence-corrected chi connectivity index (χ3v) is 12.9. The van der Waals surface area contributed by atoms with Gasteiger partial charge in [-0.1, -0.05) is 0 Å². The van der Waals surface area contributed by atoms with E-state index in [1.165, 1.54) is 0 Å². The first-order valence-corrected chi connectivity index (χ1v) is 14.6. The summed E-state index contributed by atoms with van der Waals surface area (Å²) in [5.41, 5.74) is 2.06. The second-order valence-corrected chi connectivity index (χ2v) is 14.7. The first-order valence-electron chi connectivity index (χ1n) is 8.25. The molecule has 1 aliphatic rings. The molecule has 1 fully saturated rings. The molecule has 0 bridgehead atoms. The van der Waals surface area contributed by atoms with Crippen LogP contribution in [-0.2, 0) is 24.6 Å². The number of carbonyl (C=O) groups is 2. The fraction of sp³-hybridized carbons (Fsp3) is 0.263. The quantitative estimate of drug-likeness (QED) is 0.674. The standard InChI is InChI=1S/2C7H7.C5H9NO4.Sn/c2*1-7-5-3-2-4-6-7;1-6(2-4(7)8)3-5(9)10;/h2*2-6H,1H2;2-3H2,1H3,(H,7,8)(H,9,10);/q;;;+2/p-2. The predicted octanol–water partition coefficient (Wildman–Crippen LogP) is 2.02. The molecule has 1 heterocycles. The van der Waals surface area contributed by atoms with Gasteiger partial charge in [-0.2, -0.15) is 0 Å². The Labute approximate surface area is 152 Å². The molecule has 0 N–H and O–H groups in total. The minimum atomic E-state index is -4.05. The molecule has 5 nitrogen and oxygen atoms in total. The summed E-state index contributed by atoms with van der Waals surface area (Å²) in [6.45, 7) is 0.217. The van der Waals surface area contributed by atoms with Crippen LogP contribution in [0.2, 0.25) is 0 Å². The van der Waals surface area contributed by atoms with E-state index in [0.29, 0.717) is 8.87 Å². The van der Waals surface area contributed by atoms with Crippen LogP contribution in [0.15, 0.2) is 60.7 Å². The Morgan fingerprint density at radius 2 is 1.20 bits per heavy atom. The van der Waals surface area contributed by atoms with Crippen molar-refractivity contribution in [3.63, 3.8) is 0 Å². The van der Waals surface area contributed by atoms with Crippen LogP contribution < -0.4 is 0 Å². The fourth-order valence-electron chi connectivity index (χ4n) is 3.02. The van der Waals surface area contributed by atoms with Gasteiger partial charge in [0.05, 0.1) is 0 Å². The normalized spacial score (nSPS) is 18.0. The van der Waals surface area contributed by atoms with E-state index in [-0.39, 0.29) is 25.0 Å². The molecule has 0 aliphatic carbocycles. The molecule has 1 aliphatic heterocycles. The summed E-state index contributed by atoms with van der Waals surface area (Å²) in [5, 5.41) is 0. The van der Waals surface area contributed by atoms with Crippen molar-refractivity contribution in [2.75, 3.05) is 20.1 Å². The van der Waals surface area contributed by atoms with Gasteiger partial charge in [0, 0.05) is 0 Å². The van der Waals surface area contributed by atoms with Gasteiger partial charge < -0.3 is 0 Å². The van der Waals surface area contributed by atoms with E-state index < -0.39 is 19.2 Å². The number of hydrogen-bond donors (Lipinski definition) is 0. The molecule has 0 atom stereocenters. The first-order chi connectivity index (χ1) is 12.0. The van der Waals surface area contributed by atoms with Gasteiger partial charge in [0.15, 0.2) is 0 Å². The Morgan fingerprint density at radius 3 is 1.60 bits per heavy atom. The molecule has 1 saturated heterocycles. The van der Waals surface area contributed by atoms with Gasteiger partial charge in [-0.05, 0) is 0 Å².